The van der Waals surface area contributed by atoms with Crippen molar-refractivity contribution in [1.82, 2.24) is 0 Å². The first kappa shape index (κ1) is 19.6. The van der Waals surface area contributed by atoms with Crippen LogP contribution in [0.2, 0.25) is 0 Å². The number of hydrogen-bond donors (Lipinski definition) is 1. The average molecular weight is 399 g/mol. The molecule has 0 saturated carbocycles. The Morgan fingerprint density at radius 3 is 2.30 bits per heavy atom. The fourth-order valence-electron chi connectivity index (χ4n) is 3.55. The number of ketones is 2. The maximum Gasteiger partial charge on any atom is 0.256 e. The van der Waals surface area contributed by atoms with Gasteiger partial charge in [-0.05, 0) is 38.1 Å². The fraction of sp³-hybridized carbons (Fsp3) is 0.160. The number of rotatable bonds is 4. The Morgan fingerprint density at radius 2 is 1.57 bits per heavy atom. The van der Waals surface area contributed by atoms with Crippen molar-refractivity contribution in [2.24, 2.45) is 0 Å². The molecule has 0 bridgehead atoms. The van der Waals surface area contributed by atoms with Crippen molar-refractivity contribution < 1.29 is 19.1 Å². The monoisotopic (exact) mass is 399 g/mol. The van der Waals surface area contributed by atoms with E-state index in [1.807, 2.05) is 19.9 Å². The molecule has 0 radical (unpaired) electrons. The molecule has 1 aliphatic heterocycles. The van der Waals surface area contributed by atoms with E-state index in [1.165, 1.54) is 0 Å². The summed E-state index contributed by atoms with van der Waals surface area (Å²) < 4.78 is 5.86. The van der Waals surface area contributed by atoms with Gasteiger partial charge in [-0.1, -0.05) is 48.5 Å². The summed E-state index contributed by atoms with van der Waals surface area (Å²) in [5.41, 5.74) is 1.47. The minimum Gasteiger partial charge on any atom is -0.487 e. The molecule has 1 aliphatic rings. The Labute approximate surface area is 174 Å². The third-order valence-electron chi connectivity index (χ3n) is 4.96. The summed E-state index contributed by atoms with van der Waals surface area (Å²) in [6, 6.07) is 20.5. The van der Waals surface area contributed by atoms with Crippen molar-refractivity contribution in [3.05, 3.63) is 95.1 Å². The molecule has 5 nitrogen and oxygen atoms in total. The predicted molar refractivity (Wildman–Crippen MR) is 114 cm³/mol. The zero-order valence-electron chi connectivity index (χ0n) is 16.8. The third-order valence-corrected chi connectivity index (χ3v) is 4.96. The van der Waals surface area contributed by atoms with E-state index in [1.54, 1.807) is 66.7 Å². The van der Waals surface area contributed by atoms with Crippen LogP contribution in [0.4, 0.5) is 5.69 Å². The largest absolute Gasteiger partial charge is 0.487 e. The summed E-state index contributed by atoms with van der Waals surface area (Å²) in [6.45, 7) is 3.73. The van der Waals surface area contributed by atoms with Gasteiger partial charge in [-0.3, -0.25) is 14.4 Å². The molecule has 4 rings (SSSR count). The number of benzene rings is 3. The number of carbonyl (C=O) groups excluding carboxylic acids is 3. The normalized spacial score (nSPS) is 14.4. The van der Waals surface area contributed by atoms with Gasteiger partial charge in [0.2, 0.25) is 0 Å². The van der Waals surface area contributed by atoms with Crippen LogP contribution in [0.25, 0.3) is 0 Å². The maximum absolute atomic E-state index is 12.9. The lowest BCUT2D eigenvalue weighted by atomic mass is 9.93. The summed E-state index contributed by atoms with van der Waals surface area (Å²) in [4.78, 5) is 38.3. The fourth-order valence-corrected chi connectivity index (χ4v) is 3.55. The van der Waals surface area contributed by atoms with Crippen molar-refractivity contribution in [3.8, 4) is 5.75 Å². The van der Waals surface area contributed by atoms with E-state index >= 15 is 0 Å². The molecule has 0 fully saturated rings. The van der Waals surface area contributed by atoms with E-state index in [-0.39, 0.29) is 23.6 Å². The first-order valence-corrected chi connectivity index (χ1v) is 9.70. The van der Waals surface area contributed by atoms with Crippen molar-refractivity contribution in [2.45, 2.75) is 25.9 Å². The van der Waals surface area contributed by atoms with E-state index in [2.05, 4.69) is 5.32 Å². The molecule has 150 valence electrons. The van der Waals surface area contributed by atoms with Crippen molar-refractivity contribution in [3.63, 3.8) is 0 Å². The highest BCUT2D eigenvalue weighted by Gasteiger charge is 2.32. The van der Waals surface area contributed by atoms with Gasteiger partial charge < -0.3 is 10.1 Å². The molecule has 0 spiro atoms. The molecule has 3 aromatic carbocycles. The predicted octanol–water partition coefficient (Wildman–Crippen LogP) is 4.91. The molecule has 30 heavy (non-hydrogen) atoms. The topological polar surface area (TPSA) is 72.5 Å². The van der Waals surface area contributed by atoms with E-state index in [4.69, 9.17) is 4.74 Å². The van der Waals surface area contributed by atoms with Gasteiger partial charge in [0.05, 0.1) is 17.5 Å². The van der Waals surface area contributed by atoms with Crippen LogP contribution in [0.15, 0.2) is 72.8 Å². The summed E-state index contributed by atoms with van der Waals surface area (Å²) in [5, 5.41) is 2.80. The van der Waals surface area contributed by atoms with Crippen LogP contribution >= 0.6 is 0 Å². The summed E-state index contributed by atoms with van der Waals surface area (Å²) in [6.07, 6.45) is 0.270. The number of ether oxygens (including phenoxy) is 1. The van der Waals surface area contributed by atoms with Gasteiger partial charge in [-0.2, -0.15) is 0 Å². The smallest absolute Gasteiger partial charge is 0.256 e. The maximum atomic E-state index is 12.9. The number of nitrogens with one attached hydrogen (secondary N) is 1. The summed E-state index contributed by atoms with van der Waals surface area (Å²) >= 11 is 0. The molecule has 1 amide bonds. The van der Waals surface area contributed by atoms with E-state index < -0.39 is 11.5 Å². The molecule has 3 aromatic rings. The van der Waals surface area contributed by atoms with Crippen LogP contribution in [-0.4, -0.2) is 23.1 Å². The molecular formula is C25H21NO4. The van der Waals surface area contributed by atoms with Crippen LogP contribution in [0.5, 0.6) is 5.75 Å². The number of carbonyl (C=O) groups is 3. The molecule has 5 heteroatoms. The lowest BCUT2D eigenvalue weighted by Crippen LogP contribution is -2.35. The van der Waals surface area contributed by atoms with Crippen LogP contribution in [0.1, 0.15) is 56.9 Å². The van der Waals surface area contributed by atoms with Gasteiger partial charge in [-0.15, -0.1) is 0 Å². The van der Waals surface area contributed by atoms with Gasteiger partial charge in [0.15, 0.2) is 11.6 Å². The Kier molecular flexibility index (Phi) is 4.96. The minimum atomic E-state index is -0.550. The summed E-state index contributed by atoms with van der Waals surface area (Å²) in [7, 11) is 0. The molecular weight excluding hydrogens is 378 g/mol. The third kappa shape index (κ3) is 3.87. The first-order valence-electron chi connectivity index (χ1n) is 9.70. The molecule has 1 N–H and O–H groups in total. The molecule has 0 saturated heterocycles. The molecule has 0 atom stereocenters. The van der Waals surface area contributed by atoms with Crippen LogP contribution in [-0.2, 0) is 0 Å². The average Bonchev–Trinajstić information content (AvgIpc) is 2.73. The van der Waals surface area contributed by atoms with E-state index in [9.17, 15) is 14.4 Å². The van der Waals surface area contributed by atoms with E-state index in [0.717, 1.165) is 0 Å². The Bertz CT molecular complexity index is 1150. The second kappa shape index (κ2) is 7.59. The van der Waals surface area contributed by atoms with Gasteiger partial charge in [-0.25, -0.2) is 0 Å². The Morgan fingerprint density at radius 1 is 0.900 bits per heavy atom. The van der Waals surface area contributed by atoms with Crippen LogP contribution in [0.3, 0.4) is 0 Å². The number of amides is 1. The first-order chi connectivity index (χ1) is 14.3. The highest BCUT2D eigenvalue weighted by Crippen LogP contribution is 2.34. The number of Topliss-reactive ketones (excluding diaryl/α,β-unsaturated/α-hetero) is 1. The second-order valence-electron chi connectivity index (χ2n) is 7.87. The summed E-state index contributed by atoms with van der Waals surface area (Å²) in [5.74, 6) is -0.164. The van der Waals surface area contributed by atoms with Gasteiger partial charge >= 0.3 is 0 Å². The van der Waals surface area contributed by atoms with Gasteiger partial charge in [0.1, 0.15) is 11.4 Å². The highest BCUT2D eigenvalue weighted by atomic mass is 16.5. The van der Waals surface area contributed by atoms with Gasteiger partial charge in [0, 0.05) is 16.8 Å². The zero-order valence-corrected chi connectivity index (χ0v) is 16.8. The number of hydrogen-bond acceptors (Lipinski definition) is 4. The Hall–Kier alpha value is -3.73. The molecule has 1 heterocycles. The molecule has 0 aliphatic carbocycles. The van der Waals surface area contributed by atoms with E-state index in [0.29, 0.717) is 28.1 Å². The zero-order chi connectivity index (χ0) is 21.3. The second-order valence-corrected chi connectivity index (χ2v) is 7.87. The molecule has 0 aromatic heterocycles. The van der Waals surface area contributed by atoms with Crippen LogP contribution < -0.4 is 10.1 Å². The molecule has 0 unspecified atom stereocenters. The van der Waals surface area contributed by atoms with Crippen molar-refractivity contribution in [2.75, 3.05) is 5.32 Å². The lowest BCUT2D eigenvalue weighted by Gasteiger charge is -2.31. The van der Waals surface area contributed by atoms with Crippen molar-refractivity contribution in [1.29, 1.82) is 0 Å². The quantitative estimate of drug-likeness (QED) is 0.633. The lowest BCUT2D eigenvalue weighted by molar-refractivity contribution is 0.0619. The number of anilines is 1. The number of fused-ring (bicyclic) bond motifs is 1. The standard InChI is InChI=1S/C25H21NO4/c1-25(2)15-21(27)20-14-17(12-13-22(20)30-25)26-24(29)19-11-7-6-10-18(19)23(28)16-8-4-3-5-9-16/h3-14H,15H2,1-2H3,(H,26,29). The van der Waals surface area contributed by atoms with Crippen LogP contribution in [0, 0.1) is 0 Å². The van der Waals surface area contributed by atoms with Gasteiger partial charge in [0.25, 0.3) is 5.91 Å². The SMILES string of the molecule is CC1(C)CC(=O)c2cc(NC(=O)c3ccccc3C(=O)c3ccccc3)ccc2O1. The Balaban J connectivity index is 1.61. The minimum absolute atomic E-state index is 0.0306. The van der Waals surface area contributed by atoms with Crippen molar-refractivity contribution >= 4 is 23.2 Å². The highest BCUT2D eigenvalue weighted by molar-refractivity contribution is 6.17.